The highest BCUT2D eigenvalue weighted by Gasteiger charge is 2.49. The molecule has 8 nitrogen and oxygen atoms in total. The standard InChI is InChI=1S/C25H23F2N5O3/c1-30-22(33)19-7-6-16(18-9-28-24(29-10-18)31-12-25(13-31)14-34-15-25)8-20(19)32(30)11-17-4-2-3-5-21(17)35-23(26)27/h2-10,23H,11-15H2,1H3. The minimum absolute atomic E-state index is 0.0816. The molecular weight excluding hydrogens is 456 g/mol. The lowest BCUT2D eigenvalue weighted by Crippen LogP contribution is -2.66. The van der Waals surface area contributed by atoms with Crippen LogP contribution < -0.4 is 15.2 Å². The van der Waals surface area contributed by atoms with E-state index in [4.69, 9.17) is 4.74 Å². The molecule has 2 aromatic heterocycles. The first kappa shape index (κ1) is 21.7. The summed E-state index contributed by atoms with van der Waals surface area (Å²) in [5.41, 5.74) is 3.01. The normalized spacial score (nSPS) is 16.5. The lowest BCUT2D eigenvalue weighted by molar-refractivity contribution is -0.127. The molecule has 2 saturated heterocycles. The summed E-state index contributed by atoms with van der Waals surface area (Å²) in [6.45, 7) is 0.687. The van der Waals surface area contributed by atoms with Crippen LogP contribution in [-0.4, -0.2) is 52.2 Å². The number of fused-ring (bicyclic) bond motifs is 1. The van der Waals surface area contributed by atoms with Gasteiger partial charge in [-0.15, -0.1) is 0 Å². The summed E-state index contributed by atoms with van der Waals surface area (Å²) in [6.07, 6.45) is 3.56. The molecule has 1 spiro atoms. The minimum Gasteiger partial charge on any atom is -0.434 e. The lowest BCUT2D eigenvalue weighted by Gasteiger charge is -2.54. The fourth-order valence-electron chi connectivity index (χ4n) is 4.86. The number of alkyl halides is 2. The maximum atomic E-state index is 12.9. The monoisotopic (exact) mass is 479 g/mol. The summed E-state index contributed by atoms with van der Waals surface area (Å²) in [7, 11) is 1.66. The van der Waals surface area contributed by atoms with Gasteiger partial charge in [0.1, 0.15) is 5.75 Å². The van der Waals surface area contributed by atoms with Crippen molar-refractivity contribution in [2.45, 2.75) is 13.2 Å². The number of nitrogens with zero attached hydrogens (tertiary/aromatic N) is 5. The van der Waals surface area contributed by atoms with Crippen LogP contribution in [0.4, 0.5) is 14.7 Å². The summed E-state index contributed by atoms with van der Waals surface area (Å²) in [4.78, 5) is 24.1. The second-order valence-corrected chi connectivity index (χ2v) is 9.23. The second-order valence-electron chi connectivity index (χ2n) is 9.23. The van der Waals surface area contributed by atoms with Crippen LogP contribution in [0, 0.1) is 5.41 Å². The molecule has 10 heteroatoms. The first-order valence-electron chi connectivity index (χ1n) is 11.3. The maximum absolute atomic E-state index is 12.9. The Morgan fingerprint density at radius 1 is 1.09 bits per heavy atom. The van der Waals surface area contributed by atoms with E-state index in [9.17, 15) is 13.6 Å². The highest BCUT2D eigenvalue weighted by Crippen LogP contribution is 2.39. The largest absolute Gasteiger partial charge is 0.434 e. The predicted molar refractivity (Wildman–Crippen MR) is 126 cm³/mol. The van der Waals surface area contributed by atoms with Crippen molar-refractivity contribution in [2.24, 2.45) is 12.5 Å². The number of ether oxygens (including phenoxy) is 2. The number of aromatic nitrogens is 4. The van der Waals surface area contributed by atoms with Gasteiger partial charge in [0.2, 0.25) is 5.95 Å². The topological polar surface area (TPSA) is 74.4 Å². The van der Waals surface area contributed by atoms with Crippen molar-refractivity contribution in [2.75, 3.05) is 31.2 Å². The Hall–Kier alpha value is -3.79. The molecule has 0 bridgehead atoms. The smallest absolute Gasteiger partial charge is 0.387 e. The van der Waals surface area contributed by atoms with Gasteiger partial charge in [-0.1, -0.05) is 24.3 Å². The third-order valence-corrected chi connectivity index (χ3v) is 6.79. The van der Waals surface area contributed by atoms with E-state index >= 15 is 0 Å². The molecule has 2 fully saturated rings. The van der Waals surface area contributed by atoms with Crippen LogP contribution in [0.25, 0.3) is 22.0 Å². The van der Waals surface area contributed by atoms with Gasteiger partial charge in [0, 0.05) is 43.7 Å². The number of hydrogen-bond donors (Lipinski definition) is 0. The summed E-state index contributed by atoms with van der Waals surface area (Å²) in [5.74, 6) is 0.776. The van der Waals surface area contributed by atoms with Crippen LogP contribution in [0.1, 0.15) is 5.56 Å². The van der Waals surface area contributed by atoms with E-state index < -0.39 is 6.61 Å². The molecule has 180 valence electrons. The molecule has 0 aliphatic carbocycles. The first-order valence-corrected chi connectivity index (χ1v) is 11.3. The van der Waals surface area contributed by atoms with Crippen LogP contribution in [-0.2, 0) is 18.3 Å². The molecule has 0 amide bonds. The van der Waals surface area contributed by atoms with E-state index in [0.717, 1.165) is 37.4 Å². The molecule has 4 aromatic rings. The Morgan fingerprint density at radius 2 is 1.83 bits per heavy atom. The molecule has 0 atom stereocenters. The van der Waals surface area contributed by atoms with Gasteiger partial charge in [-0.05, 0) is 23.8 Å². The molecule has 0 unspecified atom stereocenters. The van der Waals surface area contributed by atoms with E-state index in [2.05, 4.69) is 19.6 Å². The molecule has 2 aliphatic heterocycles. The highest BCUT2D eigenvalue weighted by molar-refractivity contribution is 5.84. The van der Waals surface area contributed by atoms with E-state index in [1.165, 1.54) is 10.7 Å². The average molecular weight is 479 g/mol. The molecule has 0 N–H and O–H groups in total. The molecule has 0 saturated carbocycles. The molecule has 35 heavy (non-hydrogen) atoms. The summed E-state index contributed by atoms with van der Waals surface area (Å²) in [5, 5.41) is 0.537. The van der Waals surface area contributed by atoms with Crippen LogP contribution >= 0.6 is 0 Å². The number of rotatable bonds is 6. The zero-order valence-corrected chi connectivity index (χ0v) is 19.0. The van der Waals surface area contributed by atoms with Crippen molar-refractivity contribution in [3.63, 3.8) is 0 Å². The van der Waals surface area contributed by atoms with E-state index in [1.54, 1.807) is 48.4 Å². The van der Waals surface area contributed by atoms with Crippen molar-refractivity contribution in [1.29, 1.82) is 0 Å². The van der Waals surface area contributed by atoms with Gasteiger partial charge >= 0.3 is 6.61 Å². The number of para-hydroxylation sites is 1. The van der Waals surface area contributed by atoms with Crippen molar-refractivity contribution in [3.8, 4) is 16.9 Å². The number of halogens is 2. The Morgan fingerprint density at radius 3 is 2.51 bits per heavy atom. The Balaban J connectivity index is 1.31. The van der Waals surface area contributed by atoms with E-state index in [0.29, 0.717) is 22.4 Å². The zero-order valence-electron chi connectivity index (χ0n) is 19.0. The molecule has 2 aliphatic rings. The summed E-state index contributed by atoms with van der Waals surface area (Å²) in [6, 6.07) is 12.1. The van der Waals surface area contributed by atoms with Crippen LogP contribution in [0.3, 0.4) is 0 Å². The van der Waals surface area contributed by atoms with Crippen LogP contribution in [0.2, 0.25) is 0 Å². The minimum atomic E-state index is -2.93. The molecule has 2 aromatic carbocycles. The highest BCUT2D eigenvalue weighted by atomic mass is 19.3. The van der Waals surface area contributed by atoms with E-state index in [1.807, 2.05) is 12.1 Å². The lowest BCUT2D eigenvalue weighted by atomic mass is 9.78. The van der Waals surface area contributed by atoms with Crippen molar-refractivity contribution < 1.29 is 18.3 Å². The Labute approximate surface area is 199 Å². The van der Waals surface area contributed by atoms with Crippen LogP contribution in [0.15, 0.2) is 59.7 Å². The molecule has 4 heterocycles. The van der Waals surface area contributed by atoms with Crippen molar-refractivity contribution >= 4 is 16.9 Å². The van der Waals surface area contributed by atoms with Gasteiger partial charge in [0.05, 0.1) is 36.1 Å². The SMILES string of the molecule is Cn1c(=O)c2ccc(-c3cnc(N4CC5(COC5)C4)nc3)cc2n1Cc1ccccc1OC(F)F. The van der Waals surface area contributed by atoms with Gasteiger partial charge in [0.15, 0.2) is 0 Å². The maximum Gasteiger partial charge on any atom is 0.387 e. The third kappa shape index (κ3) is 3.74. The number of anilines is 1. The second kappa shape index (κ2) is 8.16. The molecular formula is C25H23F2N5O3. The molecule has 6 rings (SSSR count). The van der Waals surface area contributed by atoms with Crippen LogP contribution in [0.5, 0.6) is 5.75 Å². The third-order valence-electron chi connectivity index (χ3n) is 6.79. The number of benzene rings is 2. The Kier molecular flexibility index (Phi) is 5.06. The van der Waals surface area contributed by atoms with Crippen molar-refractivity contribution in [1.82, 2.24) is 19.3 Å². The summed E-state index contributed by atoms with van der Waals surface area (Å²) < 4.78 is 39.0. The van der Waals surface area contributed by atoms with Crippen molar-refractivity contribution in [3.05, 3.63) is 70.8 Å². The van der Waals surface area contributed by atoms with Gasteiger partial charge in [-0.25, -0.2) is 9.97 Å². The fraction of sp³-hybridized carbons (Fsp3) is 0.320. The first-order chi connectivity index (χ1) is 16.9. The Bertz CT molecular complexity index is 1450. The summed E-state index contributed by atoms with van der Waals surface area (Å²) >= 11 is 0. The average Bonchev–Trinajstić information content (AvgIpc) is 3.03. The quantitative estimate of drug-likeness (QED) is 0.423. The van der Waals surface area contributed by atoms with Gasteiger partial charge in [0.25, 0.3) is 5.56 Å². The van der Waals surface area contributed by atoms with Gasteiger partial charge in [-0.3, -0.25) is 14.2 Å². The van der Waals surface area contributed by atoms with E-state index in [-0.39, 0.29) is 23.3 Å². The predicted octanol–water partition coefficient (Wildman–Crippen LogP) is 3.28. The van der Waals surface area contributed by atoms with Gasteiger partial charge < -0.3 is 14.4 Å². The fourth-order valence-corrected chi connectivity index (χ4v) is 4.86. The number of hydrogen-bond acceptors (Lipinski definition) is 6. The van der Waals surface area contributed by atoms with Gasteiger partial charge in [-0.2, -0.15) is 8.78 Å². The molecule has 0 radical (unpaired) electrons. The zero-order chi connectivity index (χ0) is 24.2.